The quantitative estimate of drug-likeness (QED) is 0.819. The van der Waals surface area contributed by atoms with Gasteiger partial charge in [-0.15, -0.1) is 0 Å². The van der Waals surface area contributed by atoms with Gasteiger partial charge in [-0.2, -0.15) is 0 Å². The van der Waals surface area contributed by atoms with E-state index in [0.717, 1.165) is 24.7 Å². The lowest BCUT2D eigenvalue weighted by Crippen LogP contribution is -2.41. The minimum atomic E-state index is 0.0422. The molecule has 3 nitrogen and oxygen atoms in total. The van der Waals surface area contributed by atoms with Crippen molar-refractivity contribution in [1.29, 1.82) is 0 Å². The van der Waals surface area contributed by atoms with Gasteiger partial charge in [-0.1, -0.05) is 18.2 Å². The summed E-state index contributed by atoms with van der Waals surface area (Å²) in [4.78, 5) is 14.8. The SMILES string of the molecule is O=C(C1CNc2ccccc21)N1CC2CCC1C2. The van der Waals surface area contributed by atoms with Crippen molar-refractivity contribution in [2.45, 2.75) is 31.2 Å². The van der Waals surface area contributed by atoms with E-state index >= 15 is 0 Å². The number of benzene rings is 1. The number of hydrogen-bond donors (Lipinski definition) is 1. The molecule has 0 radical (unpaired) electrons. The molecular formula is C15H18N2O. The first-order valence-corrected chi connectivity index (χ1v) is 6.96. The second-order valence-electron chi connectivity index (χ2n) is 5.84. The van der Waals surface area contributed by atoms with Crippen LogP contribution in [0.1, 0.15) is 30.7 Å². The van der Waals surface area contributed by atoms with Crippen molar-refractivity contribution in [1.82, 2.24) is 4.90 Å². The normalized spacial score (nSPS) is 32.4. The van der Waals surface area contributed by atoms with E-state index in [-0.39, 0.29) is 5.92 Å². The molecule has 2 bridgehead atoms. The largest absolute Gasteiger partial charge is 0.384 e. The highest BCUT2D eigenvalue weighted by Gasteiger charge is 2.43. The van der Waals surface area contributed by atoms with Crippen molar-refractivity contribution in [3.8, 4) is 0 Å². The van der Waals surface area contributed by atoms with Gasteiger partial charge in [0.25, 0.3) is 0 Å². The van der Waals surface area contributed by atoms with Gasteiger partial charge in [-0.3, -0.25) is 4.79 Å². The number of anilines is 1. The van der Waals surface area contributed by atoms with Gasteiger partial charge in [0.1, 0.15) is 0 Å². The minimum absolute atomic E-state index is 0.0422. The van der Waals surface area contributed by atoms with Gasteiger partial charge in [0.15, 0.2) is 0 Å². The lowest BCUT2D eigenvalue weighted by Gasteiger charge is -2.29. The summed E-state index contributed by atoms with van der Waals surface area (Å²) in [6, 6.07) is 8.75. The third kappa shape index (κ3) is 1.39. The molecule has 1 saturated heterocycles. The molecule has 1 aromatic carbocycles. The molecule has 1 amide bonds. The third-order valence-electron chi connectivity index (χ3n) is 4.82. The monoisotopic (exact) mass is 242 g/mol. The molecule has 3 aliphatic rings. The Kier molecular flexibility index (Phi) is 2.16. The fourth-order valence-corrected chi connectivity index (χ4v) is 3.90. The molecule has 94 valence electrons. The Hall–Kier alpha value is -1.51. The van der Waals surface area contributed by atoms with Crippen LogP contribution in [0, 0.1) is 5.92 Å². The van der Waals surface area contributed by atoms with E-state index in [1.165, 1.54) is 24.8 Å². The van der Waals surface area contributed by atoms with Gasteiger partial charge in [-0.25, -0.2) is 0 Å². The highest BCUT2D eigenvalue weighted by atomic mass is 16.2. The molecule has 3 atom stereocenters. The molecule has 1 aromatic rings. The molecule has 3 unspecified atom stereocenters. The Balaban J connectivity index is 1.60. The molecule has 1 saturated carbocycles. The van der Waals surface area contributed by atoms with Crippen LogP contribution in [0.5, 0.6) is 0 Å². The summed E-state index contributed by atoms with van der Waals surface area (Å²) in [5.74, 6) is 1.17. The van der Waals surface area contributed by atoms with Crippen LogP contribution in [0.4, 0.5) is 5.69 Å². The lowest BCUT2D eigenvalue weighted by atomic mass is 9.98. The number of fused-ring (bicyclic) bond motifs is 3. The van der Waals surface area contributed by atoms with E-state index in [1.807, 2.05) is 12.1 Å². The first-order chi connectivity index (χ1) is 8.83. The first-order valence-electron chi connectivity index (χ1n) is 6.96. The molecule has 2 fully saturated rings. The van der Waals surface area contributed by atoms with Gasteiger partial charge in [0.05, 0.1) is 5.92 Å². The zero-order valence-electron chi connectivity index (χ0n) is 10.4. The summed E-state index contributed by atoms with van der Waals surface area (Å²) in [7, 11) is 0. The molecule has 2 aliphatic heterocycles. The molecular weight excluding hydrogens is 224 g/mol. The molecule has 1 aliphatic carbocycles. The van der Waals surface area contributed by atoms with Crippen LogP contribution in [0.3, 0.4) is 0 Å². The lowest BCUT2D eigenvalue weighted by molar-refractivity contribution is -0.134. The van der Waals surface area contributed by atoms with Crippen molar-refractivity contribution in [3.63, 3.8) is 0 Å². The van der Waals surface area contributed by atoms with Crippen molar-refractivity contribution in [2.24, 2.45) is 5.92 Å². The Morgan fingerprint density at radius 3 is 2.94 bits per heavy atom. The van der Waals surface area contributed by atoms with E-state index in [9.17, 15) is 4.79 Å². The number of hydrogen-bond acceptors (Lipinski definition) is 2. The summed E-state index contributed by atoms with van der Waals surface area (Å²) >= 11 is 0. The predicted molar refractivity (Wildman–Crippen MR) is 70.5 cm³/mol. The topological polar surface area (TPSA) is 32.3 Å². The summed E-state index contributed by atoms with van der Waals surface area (Å²) < 4.78 is 0. The number of likely N-dealkylation sites (tertiary alicyclic amines) is 1. The Bertz CT molecular complexity index is 499. The van der Waals surface area contributed by atoms with Crippen LogP contribution in [-0.4, -0.2) is 29.9 Å². The number of piperidine rings is 1. The number of rotatable bonds is 1. The number of carbonyl (C=O) groups excluding carboxylic acids is 1. The van der Waals surface area contributed by atoms with E-state index in [2.05, 4.69) is 22.3 Å². The van der Waals surface area contributed by atoms with E-state index in [0.29, 0.717) is 11.9 Å². The molecule has 0 aromatic heterocycles. The number of carbonyl (C=O) groups is 1. The van der Waals surface area contributed by atoms with Crippen LogP contribution in [0.15, 0.2) is 24.3 Å². The minimum Gasteiger partial charge on any atom is -0.384 e. The Morgan fingerprint density at radius 1 is 1.28 bits per heavy atom. The average Bonchev–Trinajstić information content (AvgIpc) is 3.12. The van der Waals surface area contributed by atoms with Crippen molar-refractivity contribution >= 4 is 11.6 Å². The molecule has 1 N–H and O–H groups in total. The van der Waals surface area contributed by atoms with Gasteiger partial charge in [-0.05, 0) is 36.8 Å². The number of nitrogens with one attached hydrogen (secondary N) is 1. The summed E-state index contributed by atoms with van der Waals surface area (Å²) in [5, 5.41) is 3.35. The van der Waals surface area contributed by atoms with Crippen molar-refractivity contribution in [3.05, 3.63) is 29.8 Å². The summed E-state index contributed by atoms with van der Waals surface area (Å²) in [6.45, 7) is 1.77. The van der Waals surface area contributed by atoms with Crippen LogP contribution in [0.25, 0.3) is 0 Å². The zero-order chi connectivity index (χ0) is 12.1. The maximum Gasteiger partial charge on any atom is 0.232 e. The van der Waals surface area contributed by atoms with Crippen LogP contribution >= 0.6 is 0 Å². The zero-order valence-corrected chi connectivity index (χ0v) is 10.4. The molecule has 2 heterocycles. The first kappa shape index (κ1) is 10.4. The summed E-state index contributed by atoms with van der Waals surface area (Å²) in [5.41, 5.74) is 2.32. The standard InChI is InChI=1S/C15H18N2O/c18-15(17-9-10-5-6-11(17)7-10)13-8-16-14-4-2-1-3-12(13)14/h1-4,10-11,13,16H,5-9H2. The van der Waals surface area contributed by atoms with Crippen molar-refractivity contribution in [2.75, 3.05) is 18.4 Å². The fraction of sp³-hybridized carbons (Fsp3) is 0.533. The molecule has 4 rings (SSSR count). The van der Waals surface area contributed by atoms with Gasteiger partial charge < -0.3 is 10.2 Å². The third-order valence-corrected chi connectivity index (χ3v) is 4.82. The highest BCUT2D eigenvalue weighted by molar-refractivity contribution is 5.88. The van der Waals surface area contributed by atoms with Gasteiger partial charge in [0, 0.05) is 24.8 Å². The number of amides is 1. The van der Waals surface area contributed by atoms with E-state index in [4.69, 9.17) is 0 Å². The van der Waals surface area contributed by atoms with Crippen LogP contribution < -0.4 is 5.32 Å². The smallest absolute Gasteiger partial charge is 0.232 e. The molecule has 3 heteroatoms. The number of nitrogens with zero attached hydrogens (tertiary/aromatic N) is 1. The van der Waals surface area contributed by atoms with E-state index < -0.39 is 0 Å². The maximum atomic E-state index is 12.7. The second kappa shape index (κ2) is 3.74. The summed E-state index contributed by atoms with van der Waals surface area (Å²) in [6.07, 6.45) is 3.79. The molecule has 18 heavy (non-hydrogen) atoms. The fourth-order valence-electron chi connectivity index (χ4n) is 3.90. The van der Waals surface area contributed by atoms with Crippen molar-refractivity contribution < 1.29 is 4.79 Å². The van der Waals surface area contributed by atoms with Crippen LogP contribution in [-0.2, 0) is 4.79 Å². The Labute approximate surface area is 107 Å². The maximum absolute atomic E-state index is 12.7. The highest BCUT2D eigenvalue weighted by Crippen LogP contribution is 2.40. The van der Waals surface area contributed by atoms with Crippen LogP contribution in [0.2, 0.25) is 0 Å². The van der Waals surface area contributed by atoms with Gasteiger partial charge in [0.2, 0.25) is 5.91 Å². The van der Waals surface area contributed by atoms with E-state index in [1.54, 1.807) is 0 Å². The predicted octanol–water partition coefficient (Wildman–Crippen LogP) is 2.21. The molecule has 0 spiro atoms. The Morgan fingerprint density at radius 2 is 2.17 bits per heavy atom. The van der Waals surface area contributed by atoms with Gasteiger partial charge >= 0.3 is 0 Å². The average molecular weight is 242 g/mol. The second-order valence-corrected chi connectivity index (χ2v) is 5.84. The number of para-hydroxylation sites is 1.